The van der Waals surface area contributed by atoms with E-state index >= 15 is 0 Å². The standard InChI is InChI=1S/C39H59N7O7S.C33H59N7O7S.C33H57N7O7S/c1-10-17-40-35(49)33(47)28(18-23-15-16-23)41-34(48)32-30-27(39(30,5)6)21-46(32)36(50)31(26-19-24-13-11-12-14-25(24)20-26)43-37(51)42-29(38(2,3)4)22-45(9)54(52,53)44(7)8;1-13-34-28(43)25(41)21(16-19-14-15-19)35-27(42)24-23-20(33(23,8)9)17-40(24)29(44)26(32(5,6)7)37-30(45)36-22(31(2,3)4)18-39(12)48(46,47)38(10)11;1-14-16-17-21(25(41)28(43)34-15-2)35-27(42)24-23-20(33(23,9)10)18-40(24)29(44)26(32(6,7)8)37-30(45)36-22(31(3,4)5)19-39(13)48(46,47)38(11)12/h10-14,23,26-32H,1,15-22H2,2-9H3,(H,40,49)(H,41,48)(H2,42,43,51);19-24,26H,13-18H2,1-12H3,(H,34,43)(H,35,42)(H2,36,37,45);1,20-24,26H,15-19H2,2-13H3,(H,34,43)(H,35,42)(H2,36,37,45)/t27-,28?,29+,30-,31-,32-;2*20-,21?,22+,23-,24-,26+/m000/s1. The molecule has 45 heteroatoms. The summed E-state index contributed by atoms with van der Waals surface area (Å²) in [6.45, 7) is 48.6. The zero-order chi connectivity index (χ0) is 114. The molecule has 6 aliphatic carbocycles. The zero-order valence-corrected chi connectivity index (χ0v) is 97.0. The molecule has 3 saturated heterocycles. The molecule has 3 unspecified atom stereocenters. The number of ketones is 3. The number of piperidine rings is 3. The Bertz CT molecular complexity index is 5540. The second kappa shape index (κ2) is 48.5. The maximum atomic E-state index is 14.9. The first-order valence-electron chi connectivity index (χ1n) is 52.4. The van der Waals surface area contributed by atoms with Gasteiger partial charge in [0.2, 0.25) is 52.8 Å². The average Bonchev–Trinajstić information content (AvgIpc) is 1.53. The number of nitrogens with zero attached hydrogens (tertiary/aromatic N) is 9. The van der Waals surface area contributed by atoms with Crippen molar-refractivity contribution in [1.82, 2.24) is 104 Å². The van der Waals surface area contributed by atoms with E-state index in [0.717, 1.165) is 54.0 Å². The number of likely N-dealkylation sites (tertiary alicyclic amines) is 3. The van der Waals surface area contributed by atoms with Gasteiger partial charge >= 0.3 is 18.1 Å². The highest BCUT2D eigenvalue weighted by Gasteiger charge is 2.73. The summed E-state index contributed by atoms with van der Waals surface area (Å²) in [6.07, 6.45) is 12.6. The van der Waals surface area contributed by atoms with Gasteiger partial charge in [-0.2, -0.15) is 51.1 Å². The molecule has 1 aromatic carbocycles. The van der Waals surface area contributed by atoms with Gasteiger partial charge in [-0.25, -0.2) is 14.4 Å². The van der Waals surface area contributed by atoms with Gasteiger partial charge in [0.1, 0.15) is 36.3 Å². The molecule has 0 bridgehead atoms. The van der Waals surface area contributed by atoms with E-state index in [9.17, 15) is 97.2 Å². The van der Waals surface area contributed by atoms with E-state index in [0.29, 0.717) is 38.8 Å². The van der Waals surface area contributed by atoms with Crippen molar-refractivity contribution in [2.45, 2.75) is 296 Å². The molecule has 0 aromatic heterocycles. The Morgan fingerprint density at radius 1 is 0.420 bits per heavy atom. The Morgan fingerprint density at radius 2 is 0.707 bits per heavy atom. The molecule has 15 amide bonds. The van der Waals surface area contributed by atoms with E-state index in [1.807, 2.05) is 121 Å². The fourth-order valence-electron chi connectivity index (χ4n) is 21.3. The maximum Gasteiger partial charge on any atom is 0.315 e. The van der Waals surface area contributed by atoms with Gasteiger partial charge in [0.15, 0.2) is 0 Å². The minimum Gasteiger partial charge on any atom is -0.350 e. The van der Waals surface area contributed by atoms with Gasteiger partial charge in [-0.3, -0.25) is 57.5 Å². The van der Waals surface area contributed by atoms with Crippen LogP contribution in [0.25, 0.3) is 0 Å². The fraction of sp³-hybridized carbons (Fsp3) is 0.762. The number of rotatable bonds is 44. The Morgan fingerprint density at radius 3 is 0.980 bits per heavy atom. The monoisotopic (exact) mass is 2160 g/mol. The average molecular weight is 2160 g/mol. The Hall–Kier alpha value is -9.82. The Balaban J connectivity index is 0.000000275. The molecule has 844 valence electrons. The van der Waals surface area contributed by atoms with Gasteiger partial charge in [-0.15, -0.1) is 18.9 Å². The molecule has 0 radical (unpaired) electrons. The molecule has 5 saturated carbocycles. The molecule has 3 aliphatic heterocycles. The highest BCUT2D eigenvalue weighted by atomic mass is 32.2. The summed E-state index contributed by atoms with van der Waals surface area (Å²) in [6, 6.07) is -4.86. The molecule has 42 nitrogen and oxygen atoms in total. The third-order valence-corrected chi connectivity index (χ3v) is 37.4. The normalized spacial score (nSPS) is 23.2. The summed E-state index contributed by atoms with van der Waals surface area (Å²) in [5, 5.41) is 33.3. The number of terminal acetylenes is 1. The Kier molecular flexibility index (Phi) is 40.5. The Labute approximate surface area is 890 Å². The fourth-order valence-corrected chi connectivity index (χ4v) is 24.0. The first-order chi connectivity index (χ1) is 68.9. The molecule has 12 N–H and O–H groups in total. The van der Waals surface area contributed by atoms with Gasteiger partial charge < -0.3 is 78.5 Å². The van der Waals surface area contributed by atoms with Gasteiger partial charge in [0.25, 0.3) is 48.3 Å². The van der Waals surface area contributed by atoms with Crippen molar-refractivity contribution >= 4 is 119 Å². The first-order valence-corrected chi connectivity index (χ1v) is 56.6. The number of hydrogen-bond acceptors (Lipinski definition) is 21. The largest absolute Gasteiger partial charge is 0.350 e. The van der Waals surface area contributed by atoms with Crippen LogP contribution in [0.2, 0.25) is 0 Å². The van der Waals surface area contributed by atoms with Crippen molar-refractivity contribution in [3.05, 3.63) is 48.0 Å². The number of benzene rings is 1. The van der Waals surface area contributed by atoms with Crippen molar-refractivity contribution in [3.63, 3.8) is 0 Å². The van der Waals surface area contributed by atoms with Crippen LogP contribution in [-0.4, -0.2) is 349 Å². The van der Waals surface area contributed by atoms with Crippen LogP contribution < -0.4 is 63.8 Å². The van der Waals surface area contributed by atoms with E-state index in [2.05, 4.69) is 104 Å². The molecule has 10 rings (SSSR count). The van der Waals surface area contributed by atoms with Crippen molar-refractivity contribution in [1.29, 1.82) is 0 Å². The molecule has 3 heterocycles. The summed E-state index contributed by atoms with van der Waals surface area (Å²) in [4.78, 5) is 208. The first kappa shape index (κ1) is 125. The van der Waals surface area contributed by atoms with Crippen molar-refractivity contribution in [2.75, 3.05) is 122 Å². The van der Waals surface area contributed by atoms with Gasteiger partial charge in [-0.05, 0) is 154 Å². The number of Topliss-reactive ketones (excluding diaryl/α,β-unsaturated/α-hetero) is 3. The smallest absolute Gasteiger partial charge is 0.315 e. The van der Waals surface area contributed by atoms with Crippen molar-refractivity contribution in [3.8, 4) is 12.3 Å². The highest BCUT2D eigenvalue weighted by molar-refractivity contribution is 7.87. The number of nitrogens with one attached hydrogen (secondary N) is 12. The number of likely N-dealkylation sites (N-methyl/N-ethyl adjacent to an activating group) is 5. The second-order valence-corrected chi connectivity index (χ2v) is 56.8. The van der Waals surface area contributed by atoms with E-state index in [1.54, 1.807) is 39.5 Å². The van der Waals surface area contributed by atoms with Crippen LogP contribution in [0, 0.1) is 109 Å². The predicted octanol–water partition coefficient (Wildman–Crippen LogP) is 4.13. The van der Waals surface area contributed by atoms with Gasteiger partial charge in [-0.1, -0.05) is 201 Å². The van der Waals surface area contributed by atoms with Crippen LogP contribution in [0.3, 0.4) is 0 Å². The second-order valence-electron chi connectivity index (χ2n) is 50.1. The minimum absolute atomic E-state index is 0.00456. The summed E-state index contributed by atoms with van der Waals surface area (Å²) in [5.41, 5.74) is -1.69. The summed E-state index contributed by atoms with van der Waals surface area (Å²) >= 11 is 0. The minimum atomic E-state index is -3.76. The van der Waals surface area contributed by atoms with Crippen LogP contribution in [0.1, 0.15) is 222 Å². The van der Waals surface area contributed by atoms with E-state index in [1.165, 1.54) is 87.9 Å². The lowest BCUT2D eigenvalue weighted by molar-refractivity contribution is -0.145. The highest BCUT2D eigenvalue weighted by Crippen LogP contribution is 2.67. The van der Waals surface area contributed by atoms with Gasteiger partial charge in [0.05, 0.1) is 18.1 Å². The number of amides is 15. The number of carbonyl (C=O) groups is 15. The van der Waals surface area contributed by atoms with E-state index in [-0.39, 0.29) is 134 Å². The molecule has 18 atom stereocenters. The predicted molar refractivity (Wildman–Crippen MR) is 571 cm³/mol. The lowest BCUT2D eigenvalue weighted by atomic mass is 9.85. The van der Waals surface area contributed by atoms with E-state index < -0.39 is 213 Å². The molecular weight excluding hydrogens is 1990 g/mol. The molecular formula is C105H175N21O21S3. The molecule has 0 spiro atoms. The summed E-state index contributed by atoms with van der Waals surface area (Å²) in [5.74, 6) is -5.13. The van der Waals surface area contributed by atoms with Crippen LogP contribution in [0.4, 0.5) is 14.4 Å². The molecule has 9 aliphatic rings. The summed E-state index contributed by atoms with van der Waals surface area (Å²) < 4.78 is 83.4. The van der Waals surface area contributed by atoms with Gasteiger partial charge in [0, 0.05) is 147 Å². The number of hydrogen-bond donors (Lipinski definition) is 12. The zero-order valence-electron chi connectivity index (χ0n) is 94.6. The van der Waals surface area contributed by atoms with Crippen LogP contribution in [-0.2, 0) is 101 Å². The number of carbonyl (C=O) groups excluding carboxylic acids is 15. The third-order valence-electron chi connectivity index (χ3n) is 31.9. The molecule has 1 aromatic rings. The van der Waals surface area contributed by atoms with Crippen LogP contribution >= 0.6 is 0 Å². The van der Waals surface area contributed by atoms with Crippen LogP contribution in [0.5, 0.6) is 0 Å². The SMILES string of the molecule is C#CCCC(NC(=O)[C@@H]1[C@@H]2[C@H](CN1C(=O)[C@@H](NC(=O)N[C@H](CN(C)S(=O)(=O)N(C)C)C(C)(C)C)C(C)(C)C)C2(C)C)C(=O)C(=O)NCC.C=CCNC(=O)C(=O)C(CC1CC1)NC(=O)[C@@H]1[C@@H]2[C@H](CN1C(=O)[C@@H](NC(=O)N[C@H](CN(C)S(=O)(=O)N(C)C)C(C)(C)C)C1Cc3ccccc3C1)C2(C)C.CCNC(=O)C(=O)C(CC1CC1)NC(=O)[C@@H]1[C@@H]2[C@H](CN1C(=O)[C@@H](NC(=O)N[C@H](CN(C)S(=O)(=O)N(C)C)C(C)(C)C)C(C)(C)C)C2(C)C. The molecule has 150 heavy (non-hydrogen) atoms. The lowest BCUT2D eigenvalue weighted by Gasteiger charge is -2.39. The third kappa shape index (κ3) is 30.3. The van der Waals surface area contributed by atoms with Crippen molar-refractivity contribution < 1.29 is 97.2 Å². The van der Waals surface area contributed by atoms with Crippen LogP contribution in [0.15, 0.2) is 36.9 Å². The van der Waals surface area contributed by atoms with E-state index in [4.69, 9.17) is 6.42 Å². The number of urea groups is 3. The topological polar surface area (TPSA) is 532 Å². The number of fused-ring (bicyclic) bond motifs is 4. The van der Waals surface area contributed by atoms with Crippen molar-refractivity contribution in [2.24, 2.45) is 96.6 Å². The summed E-state index contributed by atoms with van der Waals surface area (Å²) in [7, 11) is 1.68. The maximum absolute atomic E-state index is 14.9. The quantitative estimate of drug-likeness (QED) is 0.0248. The lowest BCUT2D eigenvalue weighted by Crippen LogP contribution is -2.63. The molecule has 8 fully saturated rings.